The quantitative estimate of drug-likeness (QED) is 0.675. The molecular weight excluding hydrogens is 256 g/mol. The molecule has 0 aromatic heterocycles. The number of rotatable bonds is 8. The van der Waals surface area contributed by atoms with Crippen LogP contribution in [0, 0.1) is 0 Å². The first-order chi connectivity index (χ1) is 9.10. The molecule has 0 aromatic carbocycles. The van der Waals surface area contributed by atoms with Crippen molar-refractivity contribution >= 4 is 6.03 Å². The highest BCUT2D eigenvalue weighted by atomic mass is 16.5. The summed E-state index contributed by atoms with van der Waals surface area (Å²) in [6.45, 7) is 14.7. The van der Waals surface area contributed by atoms with Crippen LogP contribution in [-0.4, -0.2) is 43.5 Å². The number of carbonyl (C=O) groups is 1. The van der Waals surface area contributed by atoms with Crippen LogP contribution in [0.2, 0.25) is 0 Å². The Bertz CT molecular complexity index is 241. The number of nitrogens with one attached hydrogen (secondary N) is 2. The van der Waals surface area contributed by atoms with Gasteiger partial charge in [0.1, 0.15) is 0 Å². The van der Waals surface area contributed by atoms with Crippen LogP contribution in [-0.2, 0) is 9.47 Å². The molecule has 0 saturated carbocycles. The largest absolute Gasteiger partial charge is 0.376 e. The first kappa shape index (κ1) is 19.2. The molecule has 0 aliphatic heterocycles. The van der Waals surface area contributed by atoms with Gasteiger partial charge in [0, 0.05) is 26.3 Å². The van der Waals surface area contributed by atoms with Gasteiger partial charge in [-0.15, -0.1) is 0 Å². The molecule has 0 atom stereocenters. The van der Waals surface area contributed by atoms with E-state index in [1.807, 2.05) is 41.5 Å². The molecule has 0 aliphatic carbocycles. The Labute approximate surface area is 123 Å². The van der Waals surface area contributed by atoms with E-state index in [1.165, 1.54) is 0 Å². The van der Waals surface area contributed by atoms with Crippen LogP contribution in [0.15, 0.2) is 0 Å². The number of hydrogen-bond acceptors (Lipinski definition) is 3. The van der Waals surface area contributed by atoms with Crippen LogP contribution < -0.4 is 10.6 Å². The van der Waals surface area contributed by atoms with Gasteiger partial charge in [-0.25, -0.2) is 4.79 Å². The molecule has 2 N–H and O–H groups in total. The summed E-state index contributed by atoms with van der Waals surface area (Å²) in [5, 5.41) is 5.61. The number of amides is 2. The maximum absolute atomic E-state index is 11.5. The van der Waals surface area contributed by atoms with E-state index >= 15 is 0 Å². The van der Waals surface area contributed by atoms with Gasteiger partial charge in [-0.3, -0.25) is 0 Å². The predicted molar refractivity (Wildman–Crippen MR) is 82.0 cm³/mol. The van der Waals surface area contributed by atoms with Gasteiger partial charge < -0.3 is 20.1 Å². The van der Waals surface area contributed by atoms with Gasteiger partial charge in [-0.2, -0.15) is 0 Å². The van der Waals surface area contributed by atoms with Crippen molar-refractivity contribution in [1.82, 2.24) is 10.6 Å². The molecule has 0 rings (SSSR count). The molecule has 0 aromatic rings. The second-order valence-electron chi connectivity index (χ2n) is 6.81. The summed E-state index contributed by atoms with van der Waals surface area (Å²) in [6, 6.07) is -0.128. The zero-order valence-electron chi connectivity index (χ0n) is 14.0. The van der Waals surface area contributed by atoms with Gasteiger partial charge in [0.2, 0.25) is 0 Å². The normalized spacial score (nSPS) is 12.3. The maximum Gasteiger partial charge on any atom is 0.314 e. The Morgan fingerprint density at radius 1 is 0.800 bits per heavy atom. The van der Waals surface area contributed by atoms with Crippen molar-refractivity contribution in [1.29, 1.82) is 0 Å². The first-order valence-corrected chi connectivity index (χ1v) is 7.40. The van der Waals surface area contributed by atoms with E-state index in [9.17, 15) is 4.79 Å². The molecule has 0 fully saturated rings. The fraction of sp³-hybridized carbons (Fsp3) is 0.933. The second kappa shape index (κ2) is 9.19. The van der Waals surface area contributed by atoms with Gasteiger partial charge >= 0.3 is 6.03 Å². The van der Waals surface area contributed by atoms with Crippen LogP contribution >= 0.6 is 0 Å². The highest BCUT2D eigenvalue weighted by Gasteiger charge is 2.10. The van der Waals surface area contributed by atoms with Crippen LogP contribution in [0.1, 0.15) is 54.4 Å². The SMILES string of the molecule is CC(C)(C)OCCCNC(=O)NCCCOC(C)(C)C. The Morgan fingerprint density at radius 2 is 1.15 bits per heavy atom. The van der Waals surface area contributed by atoms with Crippen LogP contribution in [0.3, 0.4) is 0 Å². The lowest BCUT2D eigenvalue weighted by Crippen LogP contribution is -2.37. The zero-order chi connectivity index (χ0) is 15.6. The lowest BCUT2D eigenvalue weighted by Gasteiger charge is -2.19. The molecule has 20 heavy (non-hydrogen) atoms. The van der Waals surface area contributed by atoms with Crippen molar-refractivity contribution in [2.75, 3.05) is 26.3 Å². The summed E-state index contributed by atoms with van der Waals surface area (Å²) in [7, 11) is 0. The number of hydrogen-bond donors (Lipinski definition) is 2. The van der Waals surface area contributed by atoms with E-state index in [2.05, 4.69) is 10.6 Å². The van der Waals surface area contributed by atoms with Crippen molar-refractivity contribution in [3.05, 3.63) is 0 Å². The monoisotopic (exact) mass is 288 g/mol. The molecule has 2 amide bonds. The minimum absolute atomic E-state index is 0.116. The zero-order valence-corrected chi connectivity index (χ0v) is 14.0. The summed E-state index contributed by atoms with van der Waals surface area (Å²) in [6.07, 6.45) is 1.63. The van der Waals surface area contributed by atoms with E-state index in [-0.39, 0.29) is 17.2 Å². The van der Waals surface area contributed by atoms with Gasteiger partial charge in [0.25, 0.3) is 0 Å². The Morgan fingerprint density at radius 3 is 1.45 bits per heavy atom. The Balaban J connectivity index is 3.38. The molecule has 0 heterocycles. The van der Waals surface area contributed by atoms with Gasteiger partial charge in [0.15, 0.2) is 0 Å². The summed E-state index contributed by atoms with van der Waals surface area (Å²) < 4.78 is 11.1. The number of carbonyl (C=O) groups excluding carboxylic acids is 1. The second-order valence-corrected chi connectivity index (χ2v) is 6.81. The first-order valence-electron chi connectivity index (χ1n) is 7.40. The molecule has 0 radical (unpaired) electrons. The molecular formula is C15H32N2O3. The van der Waals surface area contributed by atoms with Crippen molar-refractivity contribution in [3.8, 4) is 0 Å². The molecule has 0 saturated heterocycles. The summed E-state index contributed by atoms with van der Waals surface area (Å²) in [5.41, 5.74) is -0.232. The van der Waals surface area contributed by atoms with Crippen molar-refractivity contribution in [3.63, 3.8) is 0 Å². The third kappa shape index (κ3) is 15.2. The topological polar surface area (TPSA) is 59.6 Å². The maximum atomic E-state index is 11.5. The standard InChI is InChI=1S/C15H32N2O3/c1-14(2,3)19-11-7-9-16-13(18)17-10-8-12-20-15(4,5)6/h7-12H2,1-6H3,(H2,16,17,18). The fourth-order valence-corrected chi connectivity index (χ4v) is 1.37. The third-order valence-electron chi connectivity index (χ3n) is 2.28. The molecule has 0 aliphatic rings. The van der Waals surface area contributed by atoms with E-state index in [0.717, 1.165) is 12.8 Å². The van der Waals surface area contributed by atoms with Crippen molar-refractivity contribution < 1.29 is 14.3 Å². The van der Waals surface area contributed by atoms with E-state index in [0.29, 0.717) is 26.3 Å². The number of urea groups is 1. The average Bonchev–Trinajstić information content (AvgIpc) is 2.25. The minimum Gasteiger partial charge on any atom is -0.376 e. The van der Waals surface area contributed by atoms with Crippen LogP contribution in [0.25, 0.3) is 0 Å². The van der Waals surface area contributed by atoms with Gasteiger partial charge in [-0.1, -0.05) is 0 Å². The molecule has 5 nitrogen and oxygen atoms in total. The van der Waals surface area contributed by atoms with Gasteiger partial charge in [0.05, 0.1) is 11.2 Å². The van der Waals surface area contributed by atoms with E-state index < -0.39 is 0 Å². The highest BCUT2D eigenvalue weighted by Crippen LogP contribution is 2.07. The average molecular weight is 288 g/mol. The summed E-state index contributed by atoms with van der Waals surface area (Å²) >= 11 is 0. The van der Waals surface area contributed by atoms with Gasteiger partial charge in [-0.05, 0) is 54.4 Å². The molecule has 5 heteroatoms. The Kier molecular flexibility index (Phi) is 8.81. The predicted octanol–water partition coefficient (Wildman–Crippen LogP) is 2.70. The fourth-order valence-electron chi connectivity index (χ4n) is 1.37. The molecule has 120 valence electrons. The third-order valence-corrected chi connectivity index (χ3v) is 2.28. The van der Waals surface area contributed by atoms with Crippen LogP contribution in [0.5, 0.6) is 0 Å². The molecule has 0 bridgehead atoms. The van der Waals surface area contributed by atoms with E-state index in [1.54, 1.807) is 0 Å². The lowest BCUT2D eigenvalue weighted by molar-refractivity contribution is -0.00357. The lowest BCUT2D eigenvalue weighted by atomic mass is 10.2. The van der Waals surface area contributed by atoms with Crippen molar-refractivity contribution in [2.24, 2.45) is 0 Å². The summed E-state index contributed by atoms with van der Waals surface area (Å²) in [5.74, 6) is 0. The number of ether oxygens (including phenoxy) is 2. The van der Waals surface area contributed by atoms with Crippen LogP contribution in [0.4, 0.5) is 4.79 Å². The summed E-state index contributed by atoms with van der Waals surface area (Å²) in [4.78, 5) is 11.5. The smallest absolute Gasteiger partial charge is 0.314 e. The molecule has 0 spiro atoms. The highest BCUT2D eigenvalue weighted by molar-refractivity contribution is 5.73. The molecule has 0 unspecified atom stereocenters. The van der Waals surface area contributed by atoms with Crippen molar-refractivity contribution in [2.45, 2.75) is 65.6 Å². The minimum atomic E-state index is -0.128. The van der Waals surface area contributed by atoms with E-state index in [4.69, 9.17) is 9.47 Å². The Hall–Kier alpha value is -0.810.